The van der Waals surface area contributed by atoms with Crippen LogP contribution in [0.15, 0.2) is 30.3 Å². The molecule has 1 unspecified atom stereocenters. The lowest BCUT2D eigenvalue weighted by Gasteiger charge is -2.18. The van der Waals surface area contributed by atoms with Crippen molar-refractivity contribution in [2.75, 3.05) is 6.54 Å². The van der Waals surface area contributed by atoms with Crippen LogP contribution in [0.1, 0.15) is 64.0 Å². The van der Waals surface area contributed by atoms with Crippen molar-refractivity contribution in [1.29, 1.82) is 0 Å². The molecule has 0 bridgehead atoms. The molecule has 0 saturated carbocycles. The lowest BCUT2D eigenvalue weighted by Crippen LogP contribution is -2.20. The molecule has 0 spiro atoms. The van der Waals surface area contributed by atoms with Gasteiger partial charge in [0.25, 0.3) is 0 Å². The number of nitrogens with one attached hydrogen (secondary N) is 1. The molecule has 1 atom stereocenters. The third kappa shape index (κ3) is 5.88. The van der Waals surface area contributed by atoms with Crippen LogP contribution in [0.2, 0.25) is 0 Å². The van der Waals surface area contributed by atoms with Gasteiger partial charge in [0.15, 0.2) is 0 Å². The van der Waals surface area contributed by atoms with Gasteiger partial charge in [-0.2, -0.15) is 0 Å². The molecule has 0 aromatic heterocycles. The van der Waals surface area contributed by atoms with E-state index in [2.05, 4.69) is 49.5 Å². The topological polar surface area (TPSA) is 12.0 Å². The van der Waals surface area contributed by atoms with Crippen molar-refractivity contribution in [3.63, 3.8) is 0 Å². The maximum absolute atomic E-state index is 3.59. The van der Waals surface area contributed by atoms with Crippen LogP contribution < -0.4 is 5.32 Å². The Balaban J connectivity index is 2.33. The quantitative estimate of drug-likeness (QED) is 0.610. The van der Waals surface area contributed by atoms with Crippen molar-refractivity contribution in [1.82, 2.24) is 5.32 Å². The smallest absolute Gasteiger partial charge is 0.0320 e. The van der Waals surface area contributed by atoms with Gasteiger partial charge in [-0.25, -0.2) is 0 Å². The largest absolute Gasteiger partial charge is 0.310 e. The van der Waals surface area contributed by atoms with Crippen molar-refractivity contribution in [3.8, 4) is 0 Å². The van der Waals surface area contributed by atoms with E-state index in [0.29, 0.717) is 6.04 Å². The summed E-state index contributed by atoms with van der Waals surface area (Å²) in [6, 6.07) is 11.4. The SMILES string of the molecule is CCCCCCCC(NCC)c1ccccc1. The summed E-state index contributed by atoms with van der Waals surface area (Å²) in [5.41, 5.74) is 1.44. The predicted octanol–water partition coefficient (Wildman–Crippen LogP) is 4.70. The van der Waals surface area contributed by atoms with Gasteiger partial charge >= 0.3 is 0 Å². The molecule has 0 fully saturated rings. The molecule has 0 aliphatic rings. The van der Waals surface area contributed by atoms with E-state index in [1.807, 2.05) is 0 Å². The third-order valence-corrected chi connectivity index (χ3v) is 3.25. The monoisotopic (exact) mass is 233 g/mol. The van der Waals surface area contributed by atoms with E-state index < -0.39 is 0 Å². The van der Waals surface area contributed by atoms with E-state index in [1.54, 1.807) is 0 Å². The summed E-state index contributed by atoms with van der Waals surface area (Å²) < 4.78 is 0. The average Bonchev–Trinajstić information content (AvgIpc) is 2.38. The fourth-order valence-electron chi connectivity index (χ4n) is 2.27. The molecule has 0 radical (unpaired) electrons. The van der Waals surface area contributed by atoms with Gasteiger partial charge in [0.05, 0.1) is 0 Å². The molecular weight excluding hydrogens is 206 g/mol. The van der Waals surface area contributed by atoms with Crippen LogP contribution >= 0.6 is 0 Å². The highest BCUT2D eigenvalue weighted by Crippen LogP contribution is 2.19. The van der Waals surface area contributed by atoms with Gasteiger partial charge in [-0.3, -0.25) is 0 Å². The van der Waals surface area contributed by atoms with Crippen molar-refractivity contribution in [2.45, 2.75) is 58.4 Å². The molecule has 0 aliphatic carbocycles. The van der Waals surface area contributed by atoms with Crippen molar-refractivity contribution < 1.29 is 0 Å². The van der Waals surface area contributed by atoms with Crippen LogP contribution in [0, 0.1) is 0 Å². The molecule has 1 N–H and O–H groups in total. The maximum atomic E-state index is 3.59. The first-order valence-electron chi connectivity index (χ1n) is 7.16. The molecule has 0 saturated heterocycles. The standard InChI is InChI=1S/C16H27N/c1-3-5-6-7-11-14-16(17-4-2)15-12-9-8-10-13-15/h8-10,12-13,16-17H,3-7,11,14H2,1-2H3. The molecule has 96 valence electrons. The molecular formula is C16H27N. The highest BCUT2D eigenvalue weighted by molar-refractivity contribution is 5.18. The van der Waals surface area contributed by atoms with E-state index >= 15 is 0 Å². The lowest BCUT2D eigenvalue weighted by molar-refractivity contribution is 0.479. The molecule has 0 heterocycles. The second kappa shape index (κ2) is 9.23. The number of hydrogen-bond donors (Lipinski definition) is 1. The molecule has 1 rings (SSSR count). The van der Waals surface area contributed by atoms with Crippen molar-refractivity contribution in [3.05, 3.63) is 35.9 Å². The summed E-state index contributed by atoms with van der Waals surface area (Å²) in [5.74, 6) is 0. The molecule has 0 aliphatic heterocycles. The first kappa shape index (κ1) is 14.2. The van der Waals surface area contributed by atoms with Crippen LogP contribution in [0.5, 0.6) is 0 Å². The highest BCUT2D eigenvalue weighted by atomic mass is 14.9. The molecule has 17 heavy (non-hydrogen) atoms. The predicted molar refractivity (Wildman–Crippen MR) is 76.2 cm³/mol. The Labute approximate surface area is 107 Å². The summed E-state index contributed by atoms with van der Waals surface area (Å²) in [6.45, 7) is 5.51. The van der Waals surface area contributed by atoms with Crippen LogP contribution in [-0.2, 0) is 0 Å². The minimum absolute atomic E-state index is 0.544. The normalized spacial score (nSPS) is 12.6. The first-order valence-corrected chi connectivity index (χ1v) is 7.16. The van der Waals surface area contributed by atoms with Gasteiger partial charge in [-0.15, -0.1) is 0 Å². The Morgan fingerprint density at radius 1 is 0.941 bits per heavy atom. The second-order valence-electron chi connectivity index (χ2n) is 4.72. The minimum atomic E-state index is 0.544. The van der Waals surface area contributed by atoms with Crippen molar-refractivity contribution >= 4 is 0 Å². The third-order valence-electron chi connectivity index (χ3n) is 3.25. The lowest BCUT2D eigenvalue weighted by atomic mass is 10.00. The Morgan fingerprint density at radius 2 is 1.65 bits per heavy atom. The van der Waals surface area contributed by atoms with Crippen LogP contribution in [0.25, 0.3) is 0 Å². The summed E-state index contributed by atoms with van der Waals surface area (Å²) in [5, 5.41) is 3.59. The van der Waals surface area contributed by atoms with E-state index in [4.69, 9.17) is 0 Å². The van der Waals surface area contributed by atoms with Crippen LogP contribution in [-0.4, -0.2) is 6.54 Å². The fraction of sp³-hybridized carbons (Fsp3) is 0.625. The zero-order valence-corrected chi connectivity index (χ0v) is 11.4. The summed E-state index contributed by atoms with van der Waals surface area (Å²) in [6.07, 6.45) is 8.09. The van der Waals surface area contributed by atoms with E-state index in [0.717, 1.165) is 6.54 Å². The highest BCUT2D eigenvalue weighted by Gasteiger charge is 2.08. The average molecular weight is 233 g/mol. The van der Waals surface area contributed by atoms with E-state index in [1.165, 1.54) is 44.1 Å². The number of benzene rings is 1. The molecule has 0 amide bonds. The van der Waals surface area contributed by atoms with Crippen LogP contribution in [0.4, 0.5) is 0 Å². The first-order chi connectivity index (χ1) is 8.38. The Hall–Kier alpha value is -0.820. The molecule has 1 heteroatoms. The van der Waals surface area contributed by atoms with E-state index in [-0.39, 0.29) is 0 Å². The Morgan fingerprint density at radius 3 is 2.29 bits per heavy atom. The van der Waals surface area contributed by atoms with Gasteiger partial charge in [0.1, 0.15) is 0 Å². The van der Waals surface area contributed by atoms with Gasteiger partial charge in [0, 0.05) is 6.04 Å². The second-order valence-corrected chi connectivity index (χ2v) is 4.72. The van der Waals surface area contributed by atoms with Gasteiger partial charge in [-0.05, 0) is 18.5 Å². The zero-order valence-electron chi connectivity index (χ0n) is 11.4. The molecule has 1 nitrogen and oxygen atoms in total. The summed E-state index contributed by atoms with van der Waals surface area (Å²) in [4.78, 5) is 0. The fourth-order valence-corrected chi connectivity index (χ4v) is 2.27. The molecule has 1 aromatic rings. The van der Waals surface area contributed by atoms with E-state index in [9.17, 15) is 0 Å². The van der Waals surface area contributed by atoms with Gasteiger partial charge in [-0.1, -0.05) is 76.3 Å². The van der Waals surface area contributed by atoms with Gasteiger partial charge < -0.3 is 5.32 Å². The summed E-state index contributed by atoms with van der Waals surface area (Å²) in [7, 11) is 0. The van der Waals surface area contributed by atoms with Crippen LogP contribution in [0.3, 0.4) is 0 Å². The minimum Gasteiger partial charge on any atom is -0.310 e. The summed E-state index contributed by atoms with van der Waals surface area (Å²) >= 11 is 0. The number of unbranched alkanes of at least 4 members (excludes halogenated alkanes) is 4. The molecule has 1 aromatic carbocycles. The van der Waals surface area contributed by atoms with Crippen molar-refractivity contribution in [2.24, 2.45) is 0 Å². The zero-order chi connectivity index (χ0) is 12.3. The number of hydrogen-bond acceptors (Lipinski definition) is 1. The Bertz CT molecular complexity index is 268. The van der Waals surface area contributed by atoms with Gasteiger partial charge in [0.2, 0.25) is 0 Å². The Kier molecular flexibility index (Phi) is 7.74. The maximum Gasteiger partial charge on any atom is 0.0320 e. The number of rotatable bonds is 9.